The topological polar surface area (TPSA) is 46.5 Å². The van der Waals surface area contributed by atoms with Crippen LogP contribution in [0.25, 0.3) is 0 Å². The Kier molecular flexibility index (Phi) is 6.41. The Morgan fingerprint density at radius 2 is 1.67 bits per heavy atom. The smallest absolute Gasteiger partial charge is 0.309 e. The maximum atomic E-state index is 12.9. The minimum Gasteiger partial charge on any atom is -0.507 e. The summed E-state index contributed by atoms with van der Waals surface area (Å²) in [6, 6.07) is 4.22. The van der Waals surface area contributed by atoms with E-state index in [1.165, 1.54) is 12.8 Å². The number of rotatable bonds is 6. The van der Waals surface area contributed by atoms with E-state index in [0.29, 0.717) is 36.5 Å². The quantitative estimate of drug-likeness (QED) is 0.440. The number of fused-ring (bicyclic) bond motifs is 2. The van der Waals surface area contributed by atoms with Crippen LogP contribution in [0.1, 0.15) is 84.4 Å². The molecule has 0 radical (unpaired) electrons. The van der Waals surface area contributed by atoms with Crippen LogP contribution in [0.4, 0.5) is 0 Å². The lowest BCUT2D eigenvalue weighted by atomic mass is 9.76. The first-order valence-corrected chi connectivity index (χ1v) is 11.6. The maximum absolute atomic E-state index is 12.9. The molecule has 1 fully saturated rings. The molecule has 2 aliphatic carbocycles. The molecule has 3 rings (SSSR count). The average molecular weight is 413 g/mol. The molecule has 1 N–H and O–H groups in total. The van der Waals surface area contributed by atoms with Crippen molar-refractivity contribution in [3.05, 3.63) is 41.0 Å². The number of hydrogen-bond donors (Lipinski definition) is 1. The molecule has 0 aliphatic heterocycles. The molecule has 0 heterocycles. The molecule has 1 saturated carbocycles. The lowest BCUT2D eigenvalue weighted by Crippen LogP contribution is -2.25. The summed E-state index contributed by atoms with van der Waals surface area (Å²) in [5.74, 6) is 2.10. The van der Waals surface area contributed by atoms with Gasteiger partial charge in [-0.1, -0.05) is 65.8 Å². The van der Waals surface area contributed by atoms with E-state index in [9.17, 15) is 9.90 Å². The molecule has 4 unspecified atom stereocenters. The second-order valence-corrected chi connectivity index (χ2v) is 11.5. The number of phenolic OH excluding ortho intramolecular Hbond substituents is 1. The number of esters is 1. The zero-order valence-corrected chi connectivity index (χ0v) is 19.9. The molecule has 0 spiro atoms. The van der Waals surface area contributed by atoms with Crippen LogP contribution >= 0.6 is 0 Å². The molecule has 1 aromatic carbocycles. The van der Waals surface area contributed by atoms with E-state index in [2.05, 4.69) is 65.8 Å². The van der Waals surface area contributed by atoms with Crippen LogP contribution in [-0.2, 0) is 26.8 Å². The highest BCUT2D eigenvalue weighted by atomic mass is 16.5. The Morgan fingerprint density at radius 3 is 2.10 bits per heavy atom. The summed E-state index contributed by atoms with van der Waals surface area (Å²) >= 11 is 0. The van der Waals surface area contributed by atoms with Crippen molar-refractivity contribution in [2.45, 2.75) is 85.0 Å². The van der Waals surface area contributed by atoms with Gasteiger partial charge in [0.25, 0.3) is 0 Å². The van der Waals surface area contributed by atoms with Crippen LogP contribution in [0.15, 0.2) is 24.3 Å². The molecular weight excluding hydrogens is 372 g/mol. The van der Waals surface area contributed by atoms with E-state index < -0.39 is 0 Å². The fourth-order valence-electron chi connectivity index (χ4n) is 5.29. The second-order valence-electron chi connectivity index (χ2n) is 11.5. The van der Waals surface area contributed by atoms with Crippen molar-refractivity contribution in [2.75, 3.05) is 6.61 Å². The molecule has 4 atom stereocenters. The molecule has 166 valence electrons. The van der Waals surface area contributed by atoms with Crippen molar-refractivity contribution in [1.29, 1.82) is 0 Å². The highest BCUT2D eigenvalue weighted by Gasteiger charge is 2.38. The summed E-state index contributed by atoms with van der Waals surface area (Å²) in [6.45, 7) is 15.1. The van der Waals surface area contributed by atoms with Gasteiger partial charge in [0.2, 0.25) is 0 Å². The second kappa shape index (κ2) is 8.40. The number of hydrogen-bond acceptors (Lipinski definition) is 3. The van der Waals surface area contributed by atoms with Crippen LogP contribution < -0.4 is 0 Å². The van der Waals surface area contributed by atoms with Gasteiger partial charge in [-0.2, -0.15) is 0 Å². The molecular formula is C27H40O3. The fourth-order valence-corrected chi connectivity index (χ4v) is 5.29. The number of phenols is 1. The third kappa shape index (κ3) is 4.92. The van der Waals surface area contributed by atoms with Crippen LogP contribution in [0.3, 0.4) is 0 Å². The van der Waals surface area contributed by atoms with Gasteiger partial charge in [0.15, 0.2) is 0 Å². The van der Waals surface area contributed by atoms with E-state index in [-0.39, 0.29) is 22.7 Å². The van der Waals surface area contributed by atoms with Crippen molar-refractivity contribution in [2.24, 2.45) is 23.7 Å². The van der Waals surface area contributed by atoms with Crippen LogP contribution in [-0.4, -0.2) is 17.7 Å². The monoisotopic (exact) mass is 412 g/mol. The number of ether oxygens (including phenoxy) is 1. The molecule has 3 nitrogen and oxygen atoms in total. The minimum absolute atomic E-state index is 0.0769. The molecule has 0 saturated heterocycles. The number of allylic oxidation sites excluding steroid dienone is 2. The highest BCUT2D eigenvalue weighted by Crippen LogP contribution is 2.47. The third-order valence-corrected chi connectivity index (χ3v) is 6.89. The maximum Gasteiger partial charge on any atom is 0.309 e. The van der Waals surface area contributed by atoms with E-state index in [1.807, 2.05) is 6.92 Å². The van der Waals surface area contributed by atoms with Gasteiger partial charge in [0.1, 0.15) is 5.75 Å². The minimum atomic E-state index is -0.172. The molecule has 0 aromatic heterocycles. The lowest BCUT2D eigenvalue weighted by Gasteiger charge is -2.29. The summed E-state index contributed by atoms with van der Waals surface area (Å²) < 4.78 is 5.48. The van der Waals surface area contributed by atoms with E-state index >= 15 is 0 Å². The SMILES string of the molecule is CCOC(=O)C(Cc1cc(C(C)(C)C)c(O)c(C(C)(C)C)c1)CC1CC2C=CC1C2. The highest BCUT2D eigenvalue weighted by molar-refractivity contribution is 5.73. The van der Waals surface area contributed by atoms with Crippen molar-refractivity contribution < 1.29 is 14.6 Å². The van der Waals surface area contributed by atoms with Crippen molar-refractivity contribution >= 4 is 5.97 Å². The van der Waals surface area contributed by atoms with Gasteiger partial charge >= 0.3 is 5.97 Å². The average Bonchev–Trinajstić information content (AvgIpc) is 3.23. The standard InChI is InChI=1S/C27H40O3/c1-8-30-25(29)21(16-20-12-17-9-10-19(20)11-17)13-18-14-22(26(2,3)4)24(28)23(15-18)27(5,6)7/h9-10,14-15,17,19-21,28H,8,11-13,16H2,1-7H3. The molecule has 2 aliphatic rings. The van der Waals surface area contributed by atoms with Gasteiger partial charge in [-0.25, -0.2) is 0 Å². The van der Waals surface area contributed by atoms with Crippen molar-refractivity contribution in [1.82, 2.24) is 0 Å². The number of aromatic hydroxyl groups is 1. The van der Waals surface area contributed by atoms with Gasteiger partial charge in [-0.15, -0.1) is 0 Å². The zero-order chi connectivity index (χ0) is 22.3. The Hall–Kier alpha value is -1.77. The first kappa shape index (κ1) is 22.9. The van der Waals surface area contributed by atoms with Crippen LogP contribution in [0.2, 0.25) is 0 Å². The largest absolute Gasteiger partial charge is 0.507 e. The first-order valence-electron chi connectivity index (χ1n) is 11.6. The normalized spacial score (nSPS) is 24.3. The third-order valence-electron chi connectivity index (χ3n) is 6.89. The molecule has 3 heteroatoms. The Balaban J connectivity index is 1.92. The van der Waals surface area contributed by atoms with Crippen LogP contribution in [0, 0.1) is 23.7 Å². The van der Waals surface area contributed by atoms with Gasteiger partial charge in [0.05, 0.1) is 12.5 Å². The number of carbonyl (C=O) groups is 1. The molecule has 1 aromatic rings. The zero-order valence-electron chi connectivity index (χ0n) is 19.9. The van der Waals surface area contributed by atoms with Gasteiger partial charge in [-0.3, -0.25) is 4.79 Å². The number of carbonyl (C=O) groups excluding carboxylic acids is 1. The summed E-state index contributed by atoms with van der Waals surface area (Å²) in [4.78, 5) is 12.9. The Bertz CT molecular complexity index is 771. The van der Waals surface area contributed by atoms with E-state index in [4.69, 9.17) is 4.74 Å². The van der Waals surface area contributed by atoms with Crippen LogP contribution in [0.5, 0.6) is 5.75 Å². The van der Waals surface area contributed by atoms with E-state index in [0.717, 1.165) is 23.1 Å². The van der Waals surface area contributed by atoms with E-state index in [1.54, 1.807) is 0 Å². The van der Waals surface area contributed by atoms with Crippen molar-refractivity contribution in [3.8, 4) is 5.75 Å². The fraction of sp³-hybridized carbons (Fsp3) is 0.667. The number of benzene rings is 1. The van der Waals surface area contributed by atoms with Gasteiger partial charge in [0, 0.05) is 0 Å². The lowest BCUT2D eigenvalue weighted by molar-refractivity contribution is -0.148. The Labute approximate surface area is 182 Å². The molecule has 2 bridgehead atoms. The summed E-state index contributed by atoms with van der Waals surface area (Å²) in [5, 5.41) is 11.0. The predicted molar refractivity (Wildman–Crippen MR) is 123 cm³/mol. The molecule has 30 heavy (non-hydrogen) atoms. The molecule has 0 amide bonds. The van der Waals surface area contributed by atoms with Gasteiger partial charge < -0.3 is 9.84 Å². The summed E-state index contributed by atoms with van der Waals surface area (Å²) in [5.41, 5.74) is 2.69. The summed E-state index contributed by atoms with van der Waals surface area (Å²) in [7, 11) is 0. The first-order chi connectivity index (χ1) is 13.9. The Morgan fingerprint density at radius 1 is 1.07 bits per heavy atom. The van der Waals surface area contributed by atoms with Crippen molar-refractivity contribution in [3.63, 3.8) is 0 Å². The predicted octanol–water partition coefficient (Wildman–Crippen LogP) is 6.31. The van der Waals surface area contributed by atoms with Gasteiger partial charge in [-0.05, 0) is 77.9 Å². The summed E-state index contributed by atoms with van der Waals surface area (Å²) in [6.07, 6.45) is 8.72.